The molecule has 0 spiro atoms. The van der Waals surface area contributed by atoms with Crippen LogP contribution in [0, 0.1) is 0 Å². The second kappa shape index (κ2) is 5.44. The van der Waals surface area contributed by atoms with Crippen molar-refractivity contribution in [3.8, 4) is 0 Å². The first-order valence-electron chi connectivity index (χ1n) is 7.44. The molecule has 2 unspecified atom stereocenters. The van der Waals surface area contributed by atoms with Gasteiger partial charge in [0.1, 0.15) is 5.52 Å². The van der Waals surface area contributed by atoms with Crippen LogP contribution in [0.5, 0.6) is 0 Å². The molecule has 6 nitrogen and oxygen atoms in total. The Morgan fingerprint density at radius 2 is 2.24 bits per heavy atom. The molecule has 2 aromatic rings. The van der Waals surface area contributed by atoms with Crippen LogP contribution in [-0.4, -0.2) is 44.4 Å². The van der Waals surface area contributed by atoms with E-state index in [4.69, 9.17) is 5.73 Å². The highest BCUT2D eigenvalue weighted by molar-refractivity contribution is 5.97. The average molecular weight is 287 g/mol. The predicted octanol–water partition coefficient (Wildman–Crippen LogP) is 1.31. The van der Waals surface area contributed by atoms with Crippen molar-refractivity contribution >= 4 is 16.9 Å². The number of nitrogens with two attached hydrogens (primary N) is 1. The van der Waals surface area contributed by atoms with Crippen LogP contribution in [0.2, 0.25) is 0 Å². The molecule has 1 aliphatic rings. The topological polar surface area (TPSA) is 77.0 Å². The largest absolute Gasteiger partial charge is 0.334 e. The van der Waals surface area contributed by atoms with Gasteiger partial charge in [-0.05, 0) is 44.4 Å². The highest BCUT2D eigenvalue weighted by atomic mass is 16.2. The minimum Gasteiger partial charge on any atom is -0.334 e. The normalized spacial score (nSPS) is 20.7. The molecule has 2 heterocycles. The van der Waals surface area contributed by atoms with Crippen molar-refractivity contribution in [2.24, 2.45) is 12.8 Å². The monoisotopic (exact) mass is 287 g/mol. The van der Waals surface area contributed by atoms with Crippen LogP contribution in [0.15, 0.2) is 18.2 Å². The molecule has 1 fully saturated rings. The Bertz CT molecular complexity index is 663. The smallest absolute Gasteiger partial charge is 0.254 e. The highest BCUT2D eigenvalue weighted by Crippen LogP contribution is 2.22. The zero-order chi connectivity index (χ0) is 15.0. The van der Waals surface area contributed by atoms with E-state index in [-0.39, 0.29) is 18.0 Å². The van der Waals surface area contributed by atoms with Crippen molar-refractivity contribution in [3.63, 3.8) is 0 Å². The number of hydrogen-bond donors (Lipinski definition) is 1. The second-order valence-electron chi connectivity index (χ2n) is 5.84. The van der Waals surface area contributed by atoms with Gasteiger partial charge < -0.3 is 10.6 Å². The van der Waals surface area contributed by atoms with E-state index in [1.807, 2.05) is 37.1 Å². The van der Waals surface area contributed by atoms with Crippen LogP contribution in [0.4, 0.5) is 0 Å². The molecule has 112 valence electrons. The van der Waals surface area contributed by atoms with Crippen LogP contribution in [0.3, 0.4) is 0 Å². The molecule has 0 saturated carbocycles. The molecular formula is C15H21N5O. The van der Waals surface area contributed by atoms with Gasteiger partial charge in [0.25, 0.3) is 5.91 Å². The summed E-state index contributed by atoms with van der Waals surface area (Å²) in [6, 6.07) is 5.68. The Balaban J connectivity index is 1.91. The van der Waals surface area contributed by atoms with Gasteiger partial charge in [0.05, 0.1) is 5.52 Å². The number of carbonyl (C=O) groups excluding carboxylic acids is 1. The van der Waals surface area contributed by atoms with E-state index in [9.17, 15) is 4.79 Å². The summed E-state index contributed by atoms with van der Waals surface area (Å²) in [5.74, 6) is 0.0459. The molecule has 0 bridgehead atoms. The molecule has 1 aromatic carbocycles. The highest BCUT2D eigenvalue weighted by Gasteiger charge is 2.29. The standard InChI is InChI=1S/C15H21N5O/c1-10(16)13-5-3-4-8-20(13)15(21)11-6-7-14-12(9-11)17-18-19(14)2/h6-7,9-10,13H,3-5,8,16H2,1-2H3. The third-order valence-electron chi connectivity index (χ3n) is 4.27. The number of likely N-dealkylation sites (tertiary alicyclic amines) is 1. The van der Waals surface area contributed by atoms with E-state index in [0.717, 1.165) is 36.8 Å². The number of rotatable bonds is 2. The average Bonchev–Trinajstić information content (AvgIpc) is 2.87. The zero-order valence-corrected chi connectivity index (χ0v) is 12.5. The molecule has 2 atom stereocenters. The molecule has 1 aliphatic heterocycles. The lowest BCUT2D eigenvalue weighted by atomic mass is 9.96. The number of carbonyl (C=O) groups is 1. The second-order valence-corrected chi connectivity index (χ2v) is 5.84. The number of benzene rings is 1. The maximum atomic E-state index is 12.8. The van der Waals surface area contributed by atoms with Crippen molar-refractivity contribution in [1.29, 1.82) is 0 Å². The van der Waals surface area contributed by atoms with Crippen LogP contribution < -0.4 is 5.73 Å². The lowest BCUT2D eigenvalue weighted by Crippen LogP contribution is -2.51. The number of hydrogen-bond acceptors (Lipinski definition) is 4. The number of nitrogens with zero attached hydrogens (tertiary/aromatic N) is 4. The Morgan fingerprint density at radius 3 is 3.00 bits per heavy atom. The van der Waals surface area contributed by atoms with Crippen molar-refractivity contribution in [1.82, 2.24) is 19.9 Å². The Labute approximate surface area is 123 Å². The molecule has 1 amide bonds. The van der Waals surface area contributed by atoms with Crippen LogP contribution >= 0.6 is 0 Å². The van der Waals surface area contributed by atoms with E-state index in [1.54, 1.807) is 4.68 Å². The van der Waals surface area contributed by atoms with E-state index < -0.39 is 0 Å². The summed E-state index contributed by atoms with van der Waals surface area (Å²) in [6.45, 7) is 2.76. The number of amides is 1. The zero-order valence-electron chi connectivity index (χ0n) is 12.5. The van der Waals surface area contributed by atoms with E-state index in [2.05, 4.69) is 10.3 Å². The van der Waals surface area contributed by atoms with Gasteiger partial charge in [-0.25, -0.2) is 4.68 Å². The SMILES string of the molecule is CC(N)C1CCCCN1C(=O)c1ccc2c(c1)nnn2C. The maximum absolute atomic E-state index is 12.8. The van der Waals surface area contributed by atoms with Gasteiger partial charge >= 0.3 is 0 Å². The van der Waals surface area contributed by atoms with E-state index in [0.29, 0.717) is 5.56 Å². The van der Waals surface area contributed by atoms with Crippen LogP contribution in [-0.2, 0) is 7.05 Å². The maximum Gasteiger partial charge on any atom is 0.254 e. The first-order valence-corrected chi connectivity index (χ1v) is 7.44. The van der Waals surface area contributed by atoms with Crippen molar-refractivity contribution in [2.45, 2.75) is 38.3 Å². The fourth-order valence-corrected chi connectivity index (χ4v) is 3.10. The third-order valence-corrected chi connectivity index (χ3v) is 4.27. The van der Waals surface area contributed by atoms with Gasteiger partial charge in [-0.3, -0.25) is 4.79 Å². The molecule has 0 radical (unpaired) electrons. The molecule has 0 aliphatic carbocycles. The number of aryl methyl sites for hydroxylation is 1. The first-order chi connectivity index (χ1) is 10.1. The van der Waals surface area contributed by atoms with Crippen molar-refractivity contribution < 1.29 is 4.79 Å². The third kappa shape index (κ3) is 2.51. The molecule has 3 rings (SSSR count). The molecular weight excluding hydrogens is 266 g/mol. The van der Waals surface area contributed by atoms with Gasteiger partial charge in [0, 0.05) is 31.2 Å². The summed E-state index contributed by atoms with van der Waals surface area (Å²) in [6.07, 6.45) is 3.17. The fraction of sp³-hybridized carbons (Fsp3) is 0.533. The minimum atomic E-state index is -0.00509. The molecule has 2 N–H and O–H groups in total. The van der Waals surface area contributed by atoms with E-state index >= 15 is 0 Å². The molecule has 21 heavy (non-hydrogen) atoms. The van der Waals surface area contributed by atoms with Gasteiger partial charge in [-0.2, -0.15) is 0 Å². The number of piperidine rings is 1. The lowest BCUT2D eigenvalue weighted by Gasteiger charge is -2.38. The molecule has 1 aromatic heterocycles. The van der Waals surface area contributed by atoms with Gasteiger partial charge in [-0.1, -0.05) is 5.21 Å². The summed E-state index contributed by atoms with van der Waals surface area (Å²) in [7, 11) is 1.84. The Kier molecular flexibility index (Phi) is 3.63. The van der Waals surface area contributed by atoms with E-state index in [1.165, 1.54) is 0 Å². The Morgan fingerprint density at radius 1 is 1.43 bits per heavy atom. The van der Waals surface area contributed by atoms with Crippen molar-refractivity contribution in [3.05, 3.63) is 23.8 Å². The fourth-order valence-electron chi connectivity index (χ4n) is 3.10. The summed E-state index contributed by atoms with van der Waals surface area (Å²) in [4.78, 5) is 14.7. The number of fused-ring (bicyclic) bond motifs is 1. The lowest BCUT2D eigenvalue weighted by molar-refractivity contribution is 0.0584. The van der Waals surface area contributed by atoms with Crippen molar-refractivity contribution in [2.75, 3.05) is 6.54 Å². The van der Waals surface area contributed by atoms with Gasteiger partial charge in [0.2, 0.25) is 0 Å². The summed E-state index contributed by atoms with van der Waals surface area (Å²) in [5.41, 5.74) is 8.38. The predicted molar refractivity (Wildman–Crippen MR) is 80.8 cm³/mol. The van der Waals surface area contributed by atoms with Gasteiger partial charge in [-0.15, -0.1) is 5.10 Å². The first kappa shape index (κ1) is 14.0. The Hall–Kier alpha value is -1.95. The van der Waals surface area contributed by atoms with Crippen LogP contribution in [0.25, 0.3) is 11.0 Å². The quantitative estimate of drug-likeness (QED) is 0.903. The molecule has 6 heteroatoms. The summed E-state index contributed by atoms with van der Waals surface area (Å²) in [5, 5.41) is 8.05. The molecule has 1 saturated heterocycles. The number of aromatic nitrogens is 3. The minimum absolute atomic E-state index is 0.00509. The summed E-state index contributed by atoms with van der Waals surface area (Å²) >= 11 is 0. The van der Waals surface area contributed by atoms with Gasteiger partial charge in [0.15, 0.2) is 0 Å². The summed E-state index contributed by atoms with van der Waals surface area (Å²) < 4.78 is 1.70. The van der Waals surface area contributed by atoms with Crippen LogP contribution in [0.1, 0.15) is 36.5 Å².